The Labute approximate surface area is 261 Å². The van der Waals surface area contributed by atoms with Crippen LogP contribution in [0.25, 0.3) is 22.0 Å². The van der Waals surface area contributed by atoms with E-state index in [2.05, 4.69) is 31.2 Å². The number of halogens is 1. The van der Waals surface area contributed by atoms with Gasteiger partial charge in [-0.05, 0) is 79.9 Å². The molecule has 0 radical (unpaired) electrons. The number of aromatic nitrogens is 3. The molecular formula is C34H31FN6O3S. The maximum absolute atomic E-state index is 15.2. The molecule has 0 bridgehead atoms. The highest BCUT2D eigenvalue weighted by Gasteiger charge is 2.21. The number of piperidine rings is 1. The third-order valence-electron chi connectivity index (χ3n) is 7.56. The molecular weight excluding hydrogens is 591 g/mol. The Morgan fingerprint density at radius 2 is 1.87 bits per heavy atom. The van der Waals surface area contributed by atoms with Crippen LogP contribution in [-0.4, -0.2) is 42.5 Å². The molecule has 3 heterocycles. The molecule has 5 aromatic rings. The summed E-state index contributed by atoms with van der Waals surface area (Å²) in [7, 11) is -3.98. The first-order chi connectivity index (χ1) is 21.8. The lowest BCUT2D eigenvalue weighted by Gasteiger charge is -2.23. The van der Waals surface area contributed by atoms with E-state index in [1.54, 1.807) is 67.0 Å². The minimum Gasteiger partial charge on any atom is -0.437 e. The van der Waals surface area contributed by atoms with E-state index in [1.807, 2.05) is 13.0 Å². The number of nitrogens with zero attached hydrogens (tertiary/aromatic N) is 3. The minimum absolute atomic E-state index is 0.164. The van der Waals surface area contributed by atoms with Gasteiger partial charge in [-0.3, -0.25) is 4.72 Å². The highest BCUT2D eigenvalue weighted by atomic mass is 32.2. The lowest BCUT2D eigenvalue weighted by atomic mass is 10.0. The van der Waals surface area contributed by atoms with E-state index in [0.29, 0.717) is 50.7 Å². The van der Waals surface area contributed by atoms with Crippen molar-refractivity contribution < 1.29 is 17.5 Å². The first kappa shape index (κ1) is 30.0. The van der Waals surface area contributed by atoms with Gasteiger partial charge in [0.15, 0.2) is 0 Å². The predicted octanol–water partition coefficient (Wildman–Crippen LogP) is 6.02. The maximum Gasteiger partial charge on any atom is 0.237 e. The van der Waals surface area contributed by atoms with Crippen molar-refractivity contribution >= 4 is 32.4 Å². The molecule has 1 aliphatic rings. The summed E-state index contributed by atoms with van der Waals surface area (Å²) in [6.07, 6.45) is 10.8. The molecule has 1 fully saturated rings. The maximum atomic E-state index is 15.2. The van der Waals surface area contributed by atoms with Crippen LogP contribution in [0, 0.1) is 25.1 Å². The molecule has 3 aromatic carbocycles. The van der Waals surface area contributed by atoms with Crippen molar-refractivity contribution in [2.45, 2.75) is 31.6 Å². The van der Waals surface area contributed by atoms with Crippen LogP contribution in [0.3, 0.4) is 0 Å². The molecule has 3 N–H and O–H groups in total. The van der Waals surface area contributed by atoms with Crippen LogP contribution in [0.4, 0.5) is 16.0 Å². The van der Waals surface area contributed by atoms with Crippen LogP contribution >= 0.6 is 0 Å². The molecule has 0 saturated carbocycles. The smallest absolute Gasteiger partial charge is 0.237 e. The Kier molecular flexibility index (Phi) is 8.60. The van der Waals surface area contributed by atoms with Crippen LogP contribution < -0.4 is 20.1 Å². The third kappa shape index (κ3) is 6.87. The van der Waals surface area contributed by atoms with Gasteiger partial charge in [0.1, 0.15) is 11.6 Å². The number of ether oxygens (including phenoxy) is 1. The molecule has 6 rings (SSSR count). The van der Waals surface area contributed by atoms with Gasteiger partial charge in [-0.25, -0.2) is 27.8 Å². The van der Waals surface area contributed by atoms with Crippen LogP contribution in [0.15, 0.2) is 79.1 Å². The number of hydrogen-bond donors (Lipinski definition) is 3. The number of aryl methyl sites for hydroxylation is 1. The lowest BCUT2D eigenvalue weighted by molar-refractivity contribution is 0.466. The highest BCUT2D eigenvalue weighted by Crippen LogP contribution is 2.39. The summed E-state index contributed by atoms with van der Waals surface area (Å²) >= 11 is 0. The van der Waals surface area contributed by atoms with E-state index in [4.69, 9.17) is 16.1 Å². The van der Waals surface area contributed by atoms with Crippen LogP contribution in [-0.2, 0) is 15.8 Å². The van der Waals surface area contributed by atoms with Gasteiger partial charge >= 0.3 is 0 Å². The van der Waals surface area contributed by atoms with Crippen molar-refractivity contribution in [2.24, 2.45) is 0 Å². The third-order valence-corrected chi connectivity index (χ3v) is 8.79. The van der Waals surface area contributed by atoms with Crippen molar-refractivity contribution in [3.8, 4) is 35.2 Å². The molecule has 2 aromatic heterocycles. The normalized spacial score (nSPS) is 14.9. The predicted molar refractivity (Wildman–Crippen MR) is 174 cm³/mol. The van der Waals surface area contributed by atoms with Gasteiger partial charge in [0, 0.05) is 41.3 Å². The van der Waals surface area contributed by atoms with Gasteiger partial charge in [-0.2, -0.15) is 0 Å². The molecule has 228 valence electrons. The average molecular weight is 623 g/mol. The highest BCUT2D eigenvalue weighted by molar-refractivity contribution is 7.91. The van der Waals surface area contributed by atoms with Crippen molar-refractivity contribution in [3.63, 3.8) is 0 Å². The topological polar surface area (TPSA) is 118 Å². The molecule has 9 nitrogen and oxygen atoms in total. The average Bonchev–Trinajstić information content (AvgIpc) is 3.04. The van der Waals surface area contributed by atoms with E-state index >= 15 is 4.39 Å². The summed E-state index contributed by atoms with van der Waals surface area (Å²) in [5.41, 5.74) is 3.00. The molecule has 45 heavy (non-hydrogen) atoms. The summed E-state index contributed by atoms with van der Waals surface area (Å²) < 4.78 is 50.4. The van der Waals surface area contributed by atoms with Gasteiger partial charge in [0.25, 0.3) is 0 Å². The molecule has 1 atom stereocenters. The minimum atomic E-state index is -3.98. The summed E-state index contributed by atoms with van der Waals surface area (Å²) in [4.78, 5) is 13.6. The Morgan fingerprint density at radius 3 is 2.64 bits per heavy atom. The Morgan fingerprint density at radius 1 is 1.04 bits per heavy atom. The number of hydrogen-bond acceptors (Lipinski definition) is 8. The fourth-order valence-corrected chi connectivity index (χ4v) is 6.53. The largest absolute Gasteiger partial charge is 0.437 e. The fraction of sp³-hybridized carbons (Fsp3) is 0.206. The van der Waals surface area contributed by atoms with Crippen molar-refractivity contribution in [1.82, 2.24) is 20.3 Å². The van der Waals surface area contributed by atoms with Crippen LogP contribution in [0.1, 0.15) is 29.5 Å². The Balaban J connectivity index is 1.31. The molecule has 0 amide bonds. The van der Waals surface area contributed by atoms with Gasteiger partial charge in [0.05, 0.1) is 22.7 Å². The van der Waals surface area contributed by atoms with E-state index in [0.717, 1.165) is 31.5 Å². The first-order valence-electron chi connectivity index (χ1n) is 14.5. The number of pyridine rings is 1. The molecule has 0 unspecified atom stereocenters. The molecule has 1 saturated heterocycles. The monoisotopic (exact) mass is 622 g/mol. The SMILES string of the molecule is C#Cc1ccc(CS(=O)(=O)Nc2c(F)ccc3c(Oc4ncccc4-c4ccnc(N[C@H]5CCCNC5)n4)c(C)ccc23)cc1. The van der Waals surface area contributed by atoms with Gasteiger partial charge < -0.3 is 15.4 Å². The molecule has 0 aliphatic carbocycles. The van der Waals surface area contributed by atoms with Crippen LogP contribution in [0.5, 0.6) is 11.6 Å². The van der Waals surface area contributed by atoms with Crippen molar-refractivity contribution in [2.75, 3.05) is 23.1 Å². The first-order valence-corrected chi connectivity index (χ1v) is 16.2. The zero-order chi connectivity index (χ0) is 31.4. The standard InChI is InChI=1S/C34H31FN6O3S/c1-3-23-9-11-24(12-10-23)21-45(42,43)41-31-26-13-8-22(2)32(27(26)14-15-29(31)35)44-33-28(7-5-18-37-33)30-16-19-38-34(40-30)39-25-6-4-17-36-20-25/h1,5,7-16,18-19,25,36,41H,4,6,17,20-21H2,2H3,(H,38,39,40)/t25-/m0/s1. The summed E-state index contributed by atoms with van der Waals surface area (Å²) in [6.45, 7) is 3.70. The van der Waals surface area contributed by atoms with E-state index in [-0.39, 0.29) is 17.5 Å². The quantitative estimate of drug-likeness (QED) is 0.171. The number of terminal acetylenes is 1. The Bertz CT molecular complexity index is 2010. The second-order valence-corrected chi connectivity index (χ2v) is 12.6. The number of benzene rings is 3. The van der Waals surface area contributed by atoms with E-state index < -0.39 is 15.8 Å². The fourth-order valence-electron chi connectivity index (χ4n) is 5.31. The molecule has 0 spiro atoms. The summed E-state index contributed by atoms with van der Waals surface area (Å²) in [5.74, 6) is 2.65. The Hall–Kier alpha value is -5.05. The molecule has 1 aliphatic heterocycles. The zero-order valence-corrected chi connectivity index (χ0v) is 25.4. The second kappa shape index (κ2) is 12.9. The zero-order valence-electron chi connectivity index (χ0n) is 24.5. The van der Waals surface area contributed by atoms with E-state index in [1.165, 1.54) is 6.07 Å². The van der Waals surface area contributed by atoms with Crippen molar-refractivity contribution in [3.05, 3.63) is 102 Å². The molecule has 11 heteroatoms. The number of anilines is 2. The number of fused-ring (bicyclic) bond motifs is 1. The van der Waals surface area contributed by atoms with Gasteiger partial charge in [-0.1, -0.05) is 30.2 Å². The second-order valence-electron chi connectivity index (χ2n) is 10.8. The summed E-state index contributed by atoms with van der Waals surface area (Å²) in [5, 5.41) is 7.63. The summed E-state index contributed by atoms with van der Waals surface area (Å²) in [6, 6.07) is 18.5. The van der Waals surface area contributed by atoms with E-state index in [9.17, 15) is 8.42 Å². The van der Waals surface area contributed by atoms with Crippen LogP contribution in [0.2, 0.25) is 0 Å². The number of sulfonamides is 1. The van der Waals surface area contributed by atoms with Gasteiger partial charge in [0.2, 0.25) is 21.9 Å². The van der Waals surface area contributed by atoms with Gasteiger partial charge in [-0.15, -0.1) is 6.42 Å². The number of nitrogens with one attached hydrogen (secondary N) is 3. The van der Waals surface area contributed by atoms with Crippen molar-refractivity contribution in [1.29, 1.82) is 0 Å². The number of rotatable bonds is 9. The lowest BCUT2D eigenvalue weighted by Crippen LogP contribution is -2.38.